The van der Waals surface area contributed by atoms with Gasteiger partial charge in [0.25, 0.3) is 0 Å². The molecule has 2 amide bonds. The molecule has 25 heavy (non-hydrogen) atoms. The van der Waals surface area contributed by atoms with Gasteiger partial charge in [-0.3, -0.25) is 4.98 Å². The number of nitrogens with zero attached hydrogens (tertiary/aromatic N) is 2. The Labute approximate surface area is 146 Å². The Morgan fingerprint density at radius 2 is 1.88 bits per heavy atom. The molecule has 132 valence electrons. The number of amides is 2. The van der Waals surface area contributed by atoms with E-state index in [2.05, 4.69) is 10.3 Å². The van der Waals surface area contributed by atoms with E-state index in [-0.39, 0.29) is 30.5 Å². The maximum Gasteiger partial charge on any atom is 0.318 e. The molecule has 0 aliphatic heterocycles. The lowest BCUT2D eigenvalue weighted by Crippen LogP contribution is -2.44. The first-order chi connectivity index (χ1) is 12.0. The molecule has 0 bridgehead atoms. The van der Waals surface area contributed by atoms with Crippen LogP contribution >= 0.6 is 0 Å². The Bertz CT molecular complexity index is 704. The van der Waals surface area contributed by atoms with E-state index in [1.54, 1.807) is 29.4 Å². The first-order valence-corrected chi connectivity index (χ1v) is 8.45. The largest absolute Gasteiger partial charge is 0.387 e. The zero-order valence-corrected chi connectivity index (χ0v) is 14.1. The maximum atomic E-state index is 13.0. The summed E-state index contributed by atoms with van der Waals surface area (Å²) in [6.07, 6.45) is 4.41. The molecular formula is C19H22FN3O2. The number of halogens is 1. The first-order valence-electron chi connectivity index (χ1n) is 8.45. The van der Waals surface area contributed by atoms with E-state index in [0.29, 0.717) is 5.56 Å². The summed E-state index contributed by atoms with van der Waals surface area (Å²) in [5.41, 5.74) is 1.57. The number of rotatable bonds is 6. The molecule has 1 heterocycles. The van der Waals surface area contributed by atoms with Crippen LogP contribution in [0.5, 0.6) is 0 Å². The number of aliphatic hydroxyl groups is 1. The van der Waals surface area contributed by atoms with E-state index in [1.807, 2.05) is 19.1 Å². The second-order valence-corrected chi connectivity index (χ2v) is 6.40. The normalized spacial score (nSPS) is 16.1. The highest BCUT2D eigenvalue weighted by Gasteiger charge is 2.34. The van der Waals surface area contributed by atoms with E-state index < -0.39 is 6.10 Å². The highest BCUT2D eigenvalue weighted by molar-refractivity contribution is 5.75. The van der Waals surface area contributed by atoms with E-state index in [0.717, 1.165) is 18.4 Å². The number of hydrogen-bond acceptors (Lipinski definition) is 3. The van der Waals surface area contributed by atoms with Crippen LogP contribution in [0.25, 0.3) is 0 Å². The molecule has 0 saturated heterocycles. The van der Waals surface area contributed by atoms with Gasteiger partial charge in [0.05, 0.1) is 18.7 Å². The molecule has 3 rings (SSSR count). The number of urea groups is 1. The molecule has 1 saturated carbocycles. The second kappa shape index (κ2) is 7.61. The van der Waals surface area contributed by atoms with E-state index >= 15 is 0 Å². The number of benzene rings is 1. The van der Waals surface area contributed by atoms with Gasteiger partial charge in [0.15, 0.2) is 0 Å². The van der Waals surface area contributed by atoms with Gasteiger partial charge in [0, 0.05) is 18.4 Å². The zero-order valence-electron chi connectivity index (χ0n) is 14.1. The van der Waals surface area contributed by atoms with Gasteiger partial charge in [-0.25, -0.2) is 9.18 Å². The van der Waals surface area contributed by atoms with Gasteiger partial charge in [-0.2, -0.15) is 0 Å². The standard InChI is InChI=1S/C19H22FN3O2/c1-13(14-8-10-21-11-9-14)22-19(25)23(17-6-7-17)12-18(24)15-2-4-16(20)5-3-15/h2-5,8-11,13,17-18,24H,6-7,12H2,1H3,(H,22,25)/t13-,18-/m1/s1. The van der Waals surface area contributed by atoms with Crippen molar-refractivity contribution in [2.45, 2.75) is 38.0 Å². The Kier molecular flexibility index (Phi) is 5.28. The number of nitrogens with one attached hydrogen (secondary N) is 1. The van der Waals surface area contributed by atoms with Crippen LogP contribution in [0.1, 0.15) is 43.0 Å². The number of pyridine rings is 1. The molecule has 6 heteroatoms. The van der Waals surface area contributed by atoms with Crippen LogP contribution in [-0.2, 0) is 0 Å². The van der Waals surface area contributed by atoms with Crippen LogP contribution < -0.4 is 5.32 Å². The molecule has 1 aromatic heterocycles. The minimum Gasteiger partial charge on any atom is -0.387 e. The molecule has 1 fully saturated rings. The summed E-state index contributed by atoms with van der Waals surface area (Å²) >= 11 is 0. The van der Waals surface area contributed by atoms with Crippen molar-refractivity contribution >= 4 is 6.03 Å². The summed E-state index contributed by atoms with van der Waals surface area (Å²) in [6.45, 7) is 2.10. The Hall–Kier alpha value is -2.47. The zero-order chi connectivity index (χ0) is 17.8. The van der Waals surface area contributed by atoms with Crippen LogP contribution in [0, 0.1) is 5.82 Å². The molecule has 1 aromatic carbocycles. The predicted molar refractivity (Wildman–Crippen MR) is 92.3 cm³/mol. The van der Waals surface area contributed by atoms with Crippen LogP contribution in [-0.4, -0.2) is 33.6 Å². The van der Waals surface area contributed by atoms with Crippen molar-refractivity contribution in [1.82, 2.24) is 15.2 Å². The molecule has 0 radical (unpaired) electrons. The molecule has 5 nitrogen and oxygen atoms in total. The highest BCUT2D eigenvalue weighted by Crippen LogP contribution is 2.29. The second-order valence-electron chi connectivity index (χ2n) is 6.40. The van der Waals surface area contributed by atoms with E-state index in [9.17, 15) is 14.3 Å². The van der Waals surface area contributed by atoms with Crippen molar-refractivity contribution < 1.29 is 14.3 Å². The van der Waals surface area contributed by atoms with Gasteiger partial charge in [0.2, 0.25) is 0 Å². The smallest absolute Gasteiger partial charge is 0.318 e. The fourth-order valence-electron chi connectivity index (χ4n) is 2.76. The third-order valence-corrected chi connectivity index (χ3v) is 4.42. The average Bonchev–Trinajstić information content (AvgIpc) is 3.45. The van der Waals surface area contributed by atoms with Gasteiger partial charge in [-0.1, -0.05) is 12.1 Å². The molecule has 2 N–H and O–H groups in total. The van der Waals surface area contributed by atoms with Crippen molar-refractivity contribution in [3.63, 3.8) is 0 Å². The van der Waals surface area contributed by atoms with E-state index in [1.165, 1.54) is 12.1 Å². The Balaban J connectivity index is 1.64. The number of hydrogen-bond donors (Lipinski definition) is 2. The van der Waals surface area contributed by atoms with Gasteiger partial charge in [-0.15, -0.1) is 0 Å². The quantitative estimate of drug-likeness (QED) is 0.846. The third-order valence-electron chi connectivity index (χ3n) is 4.42. The number of carbonyl (C=O) groups excluding carboxylic acids is 1. The van der Waals surface area contributed by atoms with Crippen molar-refractivity contribution in [3.8, 4) is 0 Å². The molecule has 0 unspecified atom stereocenters. The van der Waals surface area contributed by atoms with Gasteiger partial charge >= 0.3 is 6.03 Å². The van der Waals surface area contributed by atoms with Crippen molar-refractivity contribution in [2.75, 3.05) is 6.54 Å². The highest BCUT2D eigenvalue weighted by atomic mass is 19.1. The summed E-state index contributed by atoms with van der Waals surface area (Å²) < 4.78 is 13.0. The SMILES string of the molecule is C[C@@H](NC(=O)N(C[C@@H](O)c1ccc(F)cc1)C1CC1)c1ccncc1. The number of carbonyl (C=O) groups is 1. The number of aliphatic hydroxyl groups excluding tert-OH is 1. The molecule has 1 aliphatic carbocycles. The van der Waals surface area contributed by atoms with E-state index in [4.69, 9.17) is 0 Å². The predicted octanol–water partition coefficient (Wildman–Crippen LogP) is 3.19. The minimum absolute atomic E-state index is 0.153. The minimum atomic E-state index is -0.844. The van der Waals surface area contributed by atoms with Crippen LogP contribution in [0.3, 0.4) is 0 Å². The fourth-order valence-corrected chi connectivity index (χ4v) is 2.76. The Morgan fingerprint density at radius 3 is 2.48 bits per heavy atom. The molecule has 2 atom stereocenters. The van der Waals surface area contributed by atoms with Gasteiger partial charge < -0.3 is 15.3 Å². The monoisotopic (exact) mass is 343 g/mol. The average molecular weight is 343 g/mol. The van der Waals surface area contributed by atoms with Crippen LogP contribution in [0.15, 0.2) is 48.8 Å². The topological polar surface area (TPSA) is 65.5 Å². The summed E-state index contributed by atoms with van der Waals surface area (Å²) in [7, 11) is 0. The lowest BCUT2D eigenvalue weighted by molar-refractivity contribution is 0.116. The molecule has 0 spiro atoms. The summed E-state index contributed by atoms with van der Waals surface area (Å²) in [5, 5.41) is 13.4. The Morgan fingerprint density at radius 1 is 1.24 bits per heavy atom. The van der Waals surface area contributed by atoms with Crippen LogP contribution in [0.2, 0.25) is 0 Å². The number of aromatic nitrogens is 1. The summed E-state index contributed by atoms with van der Waals surface area (Å²) in [5.74, 6) is -0.348. The van der Waals surface area contributed by atoms with Crippen molar-refractivity contribution in [1.29, 1.82) is 0 Å². The molecular weight excluding hydrogens is 321 g/mol. The molecule has 1 aliphatic rings. The van der Waals surface area contributed by atoms with Crippen LogP contribution in [0.4, 0.5) is 9.18 Å². The first kappa shape index (κ1) is 17.4. The fraction of sp³-hybridized carbons (Fsp3) is 0.368. The van der Waals surface area contributed by atoms with Crippen molar-refractivity contribution in [3.05, 3.63) is 65.7 Å². The lowest BCUT2D eigenvalue weighted by atomic mass is 10.1. The lowest BCUT2D eigenvalue weighted by Gasteiger charge is -2.27. The van der Waals surface area contributed by atoms with Gasteiger partial charge in [-0.05, 0) is 55.2 Å². The van der Waals surface area contributed by atoms with Crippen molar-refractivity contribution in [2.24, 2.45) is 0 Å². The maximum absolute atomic E-state index is 13.0. The summed E-state index contributed by atoms with van der Waals surface area (Å²) in [4.78, 5) is 18.3. The molecule has 2 aromatic rings. The summed E-state index contributed by atoms with van der Waals surface area (Å²) in [6, 6.07) is 9.23. The van der Waals surface area contributed by atoms with Gasteiger partial charge in [0.1, 0.15) is 5.82 Å². The third kappa shape index (κ3) is 4.54.